The minimum absolute atomic E-state index is 0.0706. The molecule has 0 atom stereocenters. The Hall–Kier alpha value is -1.54. The molecule has 0 spiro atoms. The van der Waals surface area contributed by atoms with Gasteiger partial charge in [0.25, 0.3) is 5.91 Å². The number of aryl methyl sites for hydroxylation is 1. The summed E-state index contributed by atoms with van der Waals surface area (Å²) in [5, 5.41) is 7.49. The predicted octanol–water partition coefficient (Wildman–Crippen LogP) is 1.53. The van der Waals surface area contributed by atoms with Crippen LogP contribution in [0.4, 0.5) is 0 Å². The van der Waals surface area contributed by atoms with Crippen molar-refractivity contribution in [1.82, 2.24) is 20.3 Å². The second-order valence-electron chi connectivity index (χ2n) is 7.02. The molecule has 2 heterocycles. The van der Waals surface area contributed by atoms with Crippen LogP contribution in [-0.4, -0.2) is 77.0 Å². The van der Waals surface area contributed by atoms with E-state index in [0.717, 1.165) is 19.6 Å². The number of nitrogens with zero attached hydrogens (tertiary/aromatic N) is 3. The molecule has 0 unspecified atom stereocenters. The molecule has 0 bridgehead atoms. The highest BCUT2D eigenvalue weighted by molar-refractivity contribution is 8.00. The fraction of sp³-hybridized carbons (Fsp3) is 0.722. The molecule has 1 N–H and O–H groups in total. The van der Waals surface area contributed by atoms with E-state index in [-0.39, 0.29) is 11.8 Å². The number of rotatable bonds is 7. The van der Waals surface area contributed by atoms with E-state index >= 15 is 0 Å². The van der Waals surface area contributed by atoms with Gasteiger partial charge in [-0.25, -0.2) is 0 Å². The van der Waals surface area contributed by atoms with Crippen molar-refractivity contribution in [3.8, 4) is 0 Å². The Kier molecular flexibility index (Phi) is 6.96. The molecule has 1 saturated carbocycles. The van der Waals surface area contributed by atoms with Crippen LogP contribution >= 0.6 is 11.8 Å². The molecule has 1 saturated heterocycles. The molecule has 1 aliphatic heterocycles. The van der Waals surface area contributed by atoms with Gasteiger partial charge in [-0.3, -0.25) is 14.5 Å². The van der Waals surface area contributed by atoms with Crippen LogP contribution in [-0.2, 0) is 4.79 Å². The van der Waals surface area contributed by atoms with Crippen LogP contribution in [0.3, 0.4) is 0 Å². The summed E-state index contributed by atoms with van der Waals surface area (Å²) in [5.41, 5.74) is 0.378. The first-order valence-corrected chi connectivity index (χ1v) is 10.5. The Balaban J connectivity index is 1.29. The maximum absolute atomic E-state index is 12.3. The van der Waals surface area contributed by atoms with Gasteiger partial charge in [0.05, 0.1) is 5.75 Å². The summed E-state index contributed by atoms with van der Waals surface area (Å²) in [6.45, 7) is 6.25. The molecule has 26 heavy (non-hydrogen) atoms. The molecular formula is C18H28N4O3S. The first-order chi connectivity index (χ1) is 12.6. The molecule has 7 nitrogen and oxygen atoms in total. The van der Waals surface area contributed by atoms with Crippen molar-refractivity contribution in [2.24, 2.45) is 0 Å². The highest BCUT2D eigenvalue weighted by Gasteiger charge is 2.24. The number of aromatic nitrogens is 1. The van der Waals surface area contributed by atoms with Crippen molar-refractivity contribution in [3.63, 3.8) is 0 Å². The standard InChI is InChI=1S/C18H28N4O3S/c1-14-12-16(20-25-14)18(24)22-10-8-21(9-11-22)7-6-19-17(23)13-26-15-4-2-3-5-15/h12,15H,2-11,13H2,1H3,(H,19,23). The Morgan fingerprint density at radius 1 is 1.27 bits per heavy atom. The van der Waals surface area contributed by atoms with E-state index in [2.05, 4.69) is 15.4 Å². The second-order valence-corrected chi connectivity index (χ2v) is 8.31. The molecule has 0 aromatic carbocycles. The molecule has 1 aliphatic carbocycles. The highest BCUT2D eigenvalue weighted by atomic mass is 32.2. The van der Waals surface area contributed by atoms with E-state index in [0.29, 0.717) is 42.1 Å². The van der Waals surface area contributed by atoms with Crippen LogP contribution in [0.1, 0.15) is 41.9 Å². The summed E-state index contributed by atoms with van der Waals surface area (Å²) < 4.78 is 4.98. The highest BCUT2D eigenvalue weighted by Crippen LogP contribution is 2.28. The molecule has 2 fully saturated rings. The fourth-order valence-electron chi connectivity index (χ4n) is 3.46. The molecule has 144 valence electrons. The molecule has 2 amide bonds. The van der Waals surface area contributed by atoms with Crippen LogP contribution in [0.25, 0.3) is 0 Å². The average molecular weight is 381 g/mol. The third-order valence-corrected chi connectivity index (χ3v) is 6.38. The maximum atomic E-state index is 12.3. The van der Waals surface area contributed by atoms with Crippen molar-refractivity contribution >= 4 is 23.6 Å². The Morgan fingerprint density at radius 3 is 2.65 bits per heavy atom. The summed E-state index contributed by atoms with van der Waals surface area (Å²) in [6, 6.07) is 1.67. The number of piperazine rings is 1. The van der Waals surface area contributed by atoms with Crippen LogP contribution in [0.2, 0.25) is 0 Å². The lowest BCUT2D eigenvalue weighted by Gasteiger charge is -2.34. The number of hydrogen-bond donors (Lipinski definition) is 1. The summed E-state index contributed by atoms with van der Waals surface area (Å²) in [6.07, 6.45) is 5.14. The fourth-order valence-corrected chi connectivity index (χ4v) is 4.61. The van der Waals surface area contributed by atoms with Crippen LogP contribution < -0.4 is 5.32 Å². The summed E-state index contributed by atoms with van der Waals surface area (Å²) >= 11 is 1.80. The predicted molar refractivity (Wildman–Crippen MR) is 101 cm³/mol. The van der Waals surface area contributed by atoms with E-state index in [1.165, 1.54) is 25.7 Å². The van der Waals surface area contributed by atoms with Crippen molar-refractivity contribution in [2.45, 2.75) is 37.9 Å². The molecule has 3 rings (SSSR count). The third kappa shape index (κ3) is 5.48. The second kappa shape index (κ2) is 9.41. The van der Waals surface area contributed by atoms with Crippen LogP contribution in [0.15, 0.2) is 10.6 Å². The lowest BCUT2D eigenvalue weighted by Crippen LogP contribution is -2.50. The van der Waals surface area contributed by atoms with E-state index in [1.807, 2.05) is 4.90 Å². The van der Waals surface area contributed by atoms with Gasteiger partial charge in [-0.2, -0.15) is 0 Å². The number of thioether (sulfide) groups is 1. The largest absolute Gasteiger partial charge is 0.361 e. The SMILES string of the molecule is Cc1cc(C(=O)N2CCN(CCNC(=O)CSC3CCCC3)CC2)no1. The molecule has 8 heteroatoms. The van der Waals surface area contributed by atoms with Crippen LogP contribution in [0, 0.1) is 6.92 Å². The monoisotopic (exact) mass is 380 g/mol. The minimum atomic E-state index is -0.0706. The van der Waals surface area contributed by atoms with Gasteiger partial charge >= 0.3 is 0 Å². The van der Waals surface area contributed by atoms with Gasteiger partial charge in [0.2, 0.25) is 5.91 Å². The van der Waals surface area contributed by atoms with Crippen molar-refractivity contribution in [2.75, 3.05) is 45.0 Å². The van der Waals surface area contributed by atoms with Gasteiger partial charge in [-0.1, -0.05) is 18.0 Å². The van der Waals surface area contributed by atoms with Gasteiger partial charge in [0, 0.05) is 50.6 Å². The van der Waals surface area contributed by atoms with Crippen LogP contribution in [0.5, 0.6) is 0 Å². The quantitative estimate of drug-likeness (QED) is 0.773. The molecule has 1 aromatic rings. The lowest BCUT2D eigenvalue weighted by atomic mass is 10.2. The van der Waals surface area contributed by atoms with Crippen molar-refractivity contribution in [3.05, 3.63) is 17.5 Å². The van der Waals surface area contributed by atoms with E-state index < -0.39 is 0 Å². The molecule has 0 radical (unpaired) electrons. The molecule has 1 aromatic heterocycles. The normalized spacial score (nSPS) is 19.0. The summed E-state index contributed by atoms with van der Waals surface area (Å²) in [5.74, 6) is 1.29. The first kappa shape index (κ1) is 19.2. The number of carbonyl (C=O) groups excluding carboxylic acids is 2. The number of carbonyl (C=O) groups is 2. The zero-order valence-electron chi connectivity index (χ0n) is 15.4. The molecular weight excluding hydrogens is 352 g/mol. The van der Waals surface area contributed by atoms with Crippen molar-refractivity contribution in [1.29, 1.82) is 0 Å². The summed E-state index contributed by atoms with van der Waals surface area (Å²) in [4.78, 5) is 28.3. The van der Waals surface area contributed by atoms with E-state index in [9.17, 15) is 9.59 Å². The zero-order valence-corrected chi connectivity index (χ0v) is 16.2. The maximum Gasteiger partial charge on any atom is 0.276 e. The van der Waals surface area contributed by atoms with Gasteiger partial charge in [-0.15, -0.1) is 11.8 Å². The van der Waals surface area contributed by atoms with Crippen molar-refractivity contribution < 1.29 is 14.1 Å². The lowest BCUT2D eigenvalue weighted by molar-refractivity contribution is -0.118. The van der Waals surface area contributed by atoms with Gasteiger partial charge in [0.1, 0.15) is 5.76 Å². The first-order valence-electron chi connectivity index (χ1n) is 9.45. The Labute approximate surface area is 158 Å². The van der Waals surface area contributed by atoms with Gasteiger partial charge in [0.15, 0.2) is 5.69 Å². The Bertz CT molecular complexity index is 607. The summed E-state index contributed by atoms with van der Waals surface area (Å²) in [7, 11) is 0. The zero-order chi connectivity index (χ0) is 18.4. The topological polar surface area (TPSA) is 78.7 Å². The van der Waals surface area contributed by atoms with Gasteiger partial charge < -0.3 is 14.7 Å². The molecule has 2 aliphatic rings. The average Bonchev–Trinajstić information content (AvgIpc) is 3.31. The Morgan fingerprint density at radius 2 is 2.00 bits per heavy atom. The number of amides is 2. The van der Waals surface area contributed by atoms with E-state index in [1.54, 1.807) is 24.8 Å². The number of hydrogen-bond acceptors (Lipinski definition) is 6. The minimum Gasteiger partial charge on any atom is -0.361 e. The van der Waals surface area contributed by atoms with Gasteiger partial charge in [-0.05, 0) is 19.8 Å². The van der Waals surface area contributed by atoms with E-state index in [4.69, 9.17) is 4.52 Å². The number of nitrogens with one attached hydrogen (secondary N) is 1. The third-order valence-electron chi connectivity index (χ3n) is 5.01. The smallest absolute Gasteiger partial charge is 0.276 e.